The van der Waals surface area contributed by atoms with Gasteiger partial charge in [-0.15, -0.1) is 0 Å². The second kappa shape index (κ2) is 5.90. The molecule has 0 aromatic carbocycles. The van der Waals surface area contributed by atoms with Crippen LogP contribution in [0.3, 0.4) is 0 Å². The maximum absolute atomic E-state index is 15.0. The highest BCUT2D eigenvalue weighted by Crippen LogP contribution is 2.77. The molecule has 0 aromatic heterocycles. The summed E-state index contributed by atoms with van der Waals surface area (Å²) in [6.07, 6.45) is 2.93. The van der Waals surface area contributed by atoms with E-state index in [4.69, 9.17) is 23.7 Å². The van der Waals surface area contributed by atoms with Crippen molar-refractivity contribution >= 4 is 23.5 Å². The molecule has 3 aliphatic carbocycles. The second-order valence-corrected chi connectivity index (χ2v) is 14.0. The Morgan fingerprint density at radius 3 is 2.51 bits per heavy atom. The van der Waals surface area contributed by atoms with E-state index in [2.05, 4.69) is 0 Å². The monoisotopic (exact) mass is 542 g/mol. The molecule has 9 aliphatic rings. The van der Waals surface area contributed by atoms with Gasteiger partial charge in [0.05, 0.1) is 24.0 Å². The number of ketones is 2. The van der Waals surface area contributed by atoms with Crippen LogP contribution >= 0.6 is 0 Å². The Bertz CT molecular complexity index is 1390. The Labute approximate surface area is 223 Å². The number of hydrogen-bond acceptors (Lipinski definition) is 11. The lowest BCUT2D eigenvalue weighted by molar-refractivity contribution is -0.391. The molecule has 8 fully saturated rings. The molecule has 6 heterocycles. The Hall–Kier alpha value is -2.18. The zero-order valence-corrected chi connectivity index (χ0v) is 21.9. The number of rotatable bonds is 0. The van der Waals surface area contributed by atoms with Gasteiger partial charge in [0.2, 0.25) is 5.79 Å². The van der Waals surface area contributed by atoms with Crippen LogP contribution in [0, 0.1) is 28.6 Å². The molecule has 39 heavy (non-hydrogen) atoms. The van der Waals surface area contributed by atoms with Crippen molar-refractivity contribution in [3.8, 4) is 0 Å². The summed E-state index contributed by atoms with van der Waals surface area (Å²) in [4.78, 5) is 55.8. The Morgan fingerprint density at radius 1 is 0.974 bits per heavy atom. The quantitative estimate of drug-likeness (QED) is 0.311. The van der Waals surface area contributed by atoms with Crippen LogP contribution in [-0.4, -0.2) is 86.3 Å². The SMILES string of the molecule is C[C@@]12C[C@H]3OC(=O)[C@]1(O)CO[C@]14O[C@@]5([C@H]2C1=O)[C@@]3(C)OC(=O)[C@@]5(O)CC[C@H]1[C@H]4C[C@@H]2O[C@@]23CC=CC(=O)[C@]13C. The molecule has 6 aliphatic heterocycles. The van der Waals surface area contributed by atoms with Crippen molar-refractivity contribution in [3.05, 3.63) is 12.2 Å². The standard InChI is InChI=1S/C28H30O11/c1-21-10-16-23(3)28-17(21)18(30)27(39-28,35-11-25(21,34)19(31)36-16)13-9-15-26(37-15)7-4-5-14(29)22(26,2)12(13)6-8-24(28,33)20(32)38-23/h4-5,12-13,15-17,33-34H,6-11H2,1-3H3/t12-,13+,15-,16+,17-,21-,22-,23-,24-,25+,26-,27+,28-/m0/s1. The predicted octanol–water partition coefficient (Wildman–Crippen LogP) is -0.117. The van der Waals surface area contributed by atoms with Gasteiger partial charge in [0.15, 0.2) is 34.0 Å². The third-order valence-corrected chi connectivity index (χ3v) is 13.1. The van der Waals surface area contributed by atoms with E-state index in [0.29, 0.717) is 12.8 Å². The Morgan fingerprint density at radius 2 is 1.74 bits per heavy atom. The summed E-state index contributed by atoms with van der Waals surface area (Å²) in [5.74, 6) is -7.24. The maximum Gasteiger partial charge on any atom is 0.342 e. The molecular formula is C28H30O11. The summed E-state index contributed by atoms with van der Waals surface area (Å²) in [5.41, 5.74) is -11.5. The molecule has 0 radical (unpaired) electrons. The number of ether oxygens (including phenoxy) is 5. The van der Waals surface area contributed by atoms with Crippen LogP contribution in [0.15, 0.2) is 12.2 Å². The molecule has 0 unspecified atom stereocenters. The molecule has 11 nitrogen and oxygen atoms in total. The highest BCUT2D eigenvalue weighted by atomic mass is 16.8. The van der Waals surface area contributed by atoms with Crippen molar-refractivity contribution in [1.29, 1.82) is 0 Å². The number of epoxide rings is 1. The van der Waals surface area contributed by atoms with E-state index in [1.54, 1.807) is 13.0 Å². The molecular weight excluding hydrogens is 512 g/mol. The van der Waals surface area contributed by atoms with Crippen LogP contribution in [0.25, 0.3) is 0 Å². The fourth-order valence-electron chi connectivity index (χ4n) is 10.9. The van der Waals surface area contributed by atoms with Crippen LogP contribution in [0.1, 0.15) is 52.9 Å². The van der Waals surface area contributed by atoms with Crippen molar-refractivity contribution in [1.82, 2.24) is 0 Å². The van der Waals surface area contributed by atoms with Gasteiger partial charge in [-0.25, -0.2) is 9.59 Å². The number of Topliss-reactive ketones (excluding diaryl/α,β-unsaturated/α-hetero) is 1. The molecule has 208 valence electrons. The number of allylic oxidation sites excluding steroid dienone is 1. The third kappa shape index (κ3) is 1.85. The van der Waals surface area contributed by atoms with Crippen molar-refractivity contribution in [2.45, 2.75) is 98.9 Å². The Kier molecular flexibility index (Phi) is 3.56. The van der Waals surface area contributed by atoms with Gasteiger partial charge in [-0.1, -0.05) is 13.0 Å². The van der Waals surface area contributed by atoms with Gasteiger partial charge >= 0.3 is 11.9 Å². The van der Waals surface area contributed by atoms with Gasteiger partial charge in [0, 0.05) is 11.3 Å². The van der Waals surface area contributed by atoms with Gasteiger partial charge in [-0.05, 0) is 57.9 Å². The second-order valence-electron chi connectivity index (χ2n) is 14.0. The van der Waals surface area contributed by atoms with Crippen LogP contribution in [0.5, 0.6) is 0 Å². The molecule has 5 bridgehead atoms. The van der Waals surface area contributed by atoms with Crippen molar-refractivity contribution < 1.29 is 53.1 Å². The van der Waals surface area contributed by atoms with E-state index in [-0.39, 0.29) is 31.1 Å². The zero-order valence-electron chi connectivity index (χ0n) is 21.9. The number of fused-ring (bicyclic) bond motifs is 4. The highest BCUT2D eigenvalue weighted by Gasteiger charge is 2.95. The molecule has 0 aromatic rings. The predicted molar refractivity (Wildman–Crippen MR) is 123 cm³/mol. The lowest BCUT2D eigenvalue weighted by Crippen LogP contribution is -2.82. The molecule has 0 amide bonds. The van der Waals surface area contributed by atoms with Crippen molar-refractivity contribution in [2.24, 2.45) is 28.6 Å². The number of carbonyl (C=O) groups excluding carboxylic acids is 4. The van der Waals surface area contributed by atoms with Crippen LogP contribution in [0.4, 0.5) is 0 Å². The molecule has 6 saturated heterocycles. The van der Waals surface area contributed by atoms with Crippen LogP contribution in [0.2, 0.25) is 0 Å². The maximum atomic E-state index is 15.0. The number of hydrogen-bond donors (Lipinski definition) is 2. The molecule has 2 N–H and O–H groups in total. The van der Waals surface area contributed by atoms with Gasteiger partial charge in [0.25, 0.3) is 0 Å². The number of esters is 2. The van der Waals surface area contributed by atoms with E-state index in [9.17, 15) is 29.4 Å². The third-order valence-electron chi connectivity index (χ3n) is 13.1. The van der Waals surface area contributed by atoms with Crippen LogP contribution < -0.4 is 0 Å². The molecule has 2 saturated carbocycles. The van der Waals surface area contributed by atoms with Crippen molar-refractivity contribution in [2.75, 3.05) is 6.61 Å². The first kappa shape index (κ1) is 23.5. The van der Waals surface area contributed by atoms with Crippen LogP contribution in [-0.2, 0) is 42.9 Å². The van der Waals surface area contributed by atoms with E-state index < -0.39 is 92.8 Å². The summed E-state index contributed by atoms with van der Waals surface area (Å²) < 4.78 is 31.1. The van der Waals surface area contributed by atoms with E-state index in [0.717, 1.165) is 0 Å². The fraction of sp³-hybridized carbons (Fsp3) is 0.786. The number of aliphatic hydroxyl groups is 2. The molecule has 3 spiro atoms. The fourth-order valence-corrected chi connectivity index (χ4v) is 10.9. The van der Waals surface area contributed by atoms with E-state index >= 15 is 0 Å². The zero-order chi connectivity index (χ0) is 27.4. The summed E-state index contributed by atoms with van der Waals surface area (Å²) >= 11 is 0. The lowest BCUT2D eigenvalue weighted by atomic mass is 9.45. The smallest absolute Gasteiger partial charge is 0.342 e. The van der Waals surface area contributed by atoms with Gasteiger partial charge < -0.3 is 33.9 Å². The summed E-state index contributed by atoms with van der Waals surface area (Å²) in [5, 5.41) is 24.4. The van der Waals surface area contributed by atoms with Gasteiger partial charge in [0.1, 0.15) is 11.7 Å². The van der Waals surface area contributed by atoms with Crippen molar-refractivity contribution in [3.63, 3.8) is 0 Å². The summed E-state index contributed by atoms with van der Waals surface area (Å²) in [6, 6.07) is 0. The lowest BCUT2D eigenvalue weighted by Gasteiger charge is -2.64. The minimum atomic E-state index is -2.32. The topological polar surface area (TPSA) is 158 Å². The minimum Gasteiger partial charge on any atom is -0.456 e. The first-order chi connectivity index (χ1) is 18.2. The molecule has 13 atom stereocenters. The average Bonchev–Trinajstić information content (AvgIpc) is 3.47. The first-order valence-electron chi connectivity index (χ1n) is 13.9. The molecule has 11 heteroatoms. The molecule has 9 rings (SSSR count). The largest absolute Gasteiger partial charge is 0.456 e. The number of carbonyl (C=O) groups is 4. The summed E-state index contributed by atoms with van der Waals surface area (Å²) in [6.45, 7) is 4.42. The van der Waals surface area contributed by atoms with E-state index in [1.165, 1.54) is 6.92 Å². The van der Waals surface area contributed by atoms with Gasteiger partial charge in [-0.3, -0.25) is 9.59 Å². The first-order valence-corrected chi connectivity index (χ1v) is 13.9. The average molecular weight is 543 g/mol. The summed E-state index contributed by atoms with van der Waals surface area (Å²) in [7, 11) is 0. The van der Waals surface area contributed by atoms with Gasteiger partial charge in [-0.2, -0.15) is 0 Å². The minimum absolute atomic E-state index is 0.0139. The highest BCUT2D eigenvalue weighted by molar-refractivity contribution is 6.01. The normalized spacial score (nSPS) is 64.7. The Balaban J connectivity index is 1.35. The van der Waals surface area contributed by atoms with E-state index in [1.807, 2.05) is 13.0 Å².